The van der Waals surface area contributed by atoms with E-state index in [2.05, 4.69) is 15.6 Å². The number of aromatic nitrogens is 1. The molecule has 1 aromatic heterocycles. The highest BCUT2D eigenvalue weighted by molar-refractivity contribution is 5.77. The van der Waals surface area contributed by atoms with Crippen LogP contribution in [0.4, 0.5) is 0 Å². The van der Waals surface area contributed by atoms with Crippen molar-refractivity contribution in [3.05, 3.63) is 46.8 Å². The summed E-state index contributed by atoms with van der Waals surface area (Å²) in [5.41, 5.74) is 0.837. The zero-order chi connectivity index (χ0) is 11.9. The molecule has 1 aliphatic rings. The van der Waals surface area contributed by atoms with Crippen molar-refractivity contribution in [2.75, 3.05) is 26.2 Å². The number of rotatable bonds is 0. The maximum atomic E-state index is 10.8. The van der Waals surface area contributed by atoms with Crippen molar-refractivity contribution >= 4 is 10.9 Å². The monoisotopic (exact) mass is 231 g/mol. The van der Waals surface area contributed by atoms with Crippen molar-refractivity contribution in [1.82, 2.24) is 15.6 Å². The summed E-state index contributed by atoms with van der Waals surface area (Å²) in [7, 11) is 0. The number of pyridine rings is 1. The molecule has 0 amide bonds. The van der Waals surface area contributed by atoms with Crippen LogP contribution in [0.2, 0.25) is 0 Å². The van der Waals surface area contributed by atoms with E-state index in [0.717, 1.165) is 37.1 Å². The van der Waals surface area contributed by atoms with E-state index < -0.39 is 0 Å². The molecular formula is C13H17N3O. The summed E-state index contributed by atoms with van der Waals surface area (Å²) in [6.45, 7) is 4.56. The topological polar surface area (TPSA) is 56.9 Å². The number of benzene rings is 1. The smallest absolute Gasteiger partial charge is 0.248 e. The molecule has 3 N–H and O–H groups in total. The Balaban J connectivity index is 0.000000153. The van der Waals surface area contributed by atoms with Gasteiger partial charge in [-0.3, -0.25) is 4.79 Å². The molecule has 0 unspecified atom stereocenters. The van der Waals surface area contributed by atoms with Crippen LogP contribution in [-0.2, 0) is 0 Å². The van der Waals surface area contributed by atoms with Crippen LogP contribution in [0, 0.1) is 0 Å². The van der Waals surface area contributed by atoms with Gasteiger partial charge in [-0.25, -0.2) is 0 Å². The highest BCUT2D eigenvalue weighted by atomic mass is 16.1. The third kappa shape index (κ3) is 3.69. The summed E-state index contributed by atoms with van der Waals surface area (Å²) in [6, 6.07) is 11.0. The number of hydrogen-bond donors (Lipinski definition) is 3. The average Bonchev–Trinajstić information content (AvgIpc) is 2.41. The van der Waals surface area contributed by atoms with Gasteiger partial charge in [-0.2, -0.15) is 0 Å². The van der Waals surface area contributed by atoms with Crippen LogP contribution in [0.1, 0.15) is 0 Å². The summed E-state index contributed by atoms with van der Waals surface area (Å²) in [6.07, 6.45) is 0. The van der Waals surface area contributed by atoms with Gasteiger partial charge in [-0.05, 0) is 17.5 Å². The quantitative estimate of drug-likeness (QED) is 0.626. The van der Waals surface area contributed by atoms with Crippen molar-refractivity contribution in [1.29, 1.82) is 0 Å². The Morgan fingerprint density at radius 3 is 2.12 bits per heavy atom. The van der Waals surface area contributed by atoms with E-state index in [-0.39, 0.29) is 5.56 Å². The lowest BCUT2D eigenvalue weighted by Gasteiger charge is -2.11. The summed E-state index contributed by atoms with van der Waals surface area (Å²) in [5.74, 6) is 0. The number of fused-ring (bicyclic) bond motifs is 1. The Hall–Kier alpha value is -1.65. The molecule has 17 heavy (non-hydrogen) atoms. The molecule has 2 heterocycles. The molecule has 0 radical (unpaired) electrons. The Bertz CT molecular complexity index is 506. The number of nitrogens with one attached hydrogen (secondary N) is 3. The standard InChI is InChI=1S/C9H7NO.C4H10N2/c11-9-6-5-7-3-1-2-4-8(7)10-9;1-2-6-4-3-5-1/h1-6H,(H,10,11);5-6H,1-4H2. The molecule has 4 heteroatoms. The molecule has 90 valence electrons. The van der Waals surface area contributed by atoms with E-state index in [1.807, 2.05) is 30.3 Å². The van der Waals surface area contributed by atoms with E-state index in [9.17, 15) is 4.79 Å². The predicted molar refractivity (Wildman–Crippen MR) is 70.3 cm³/mol. The fourth-order valence-electron chi connectivity index (χ4n) is 1.70. The minimum atomic E-state index is -0.0521. The summed E-state index contributed by atoms with van der Waals surface area (Å²) < 4.78 is 0. The SMILES string of the molecule is C1CNCCN1.O=c1ccc2ccccc2[nH]1. The van der Waals surface area contributed by atoms with E-state index in [1.54, 1.807) is 0 Å². The maximum absolute atomic E-state index is 10.8. The molecule has 1 saturated heterocycles. The van der Waals surface area contributed by atoms with E-state index in [0.29, 0.717) is 0 Å². The highest BCUT2D eigenvalue weighted by Gasteiger charge is 1.91. The van der Waals surface area contributed by atoms with Gasteiger partial charge in [0.05, 0.1) is 0 Å². The molecule has 0 spiro atoms. The van der Waals surface area contributed by atoms with Crippen molar-refractivity contribution < 1.29 is 0 Å². The van der Waals surface area contributed by atoms with Crippen molar-refractivity contribution in [3.63, 3.8) is 0 Å². The number of piperazine rings is 1. The molecule has 4 nitrogen and oxygen atoms in total. The van der Waals surface area contributed by atoms with Crippen LogP contribution in [0.5, 0.6) is 0 Å². The molecule has 2 aromatic rings. The molecule has 0 bridgehead atoms. The molecule has 0 atom stereocenters. The zero-order valence-corrected chi connectivity index (χ0v) is 9.70. The lowest BCUT2D eigenvalue weighted by Crippen LogP contribution is -2.39. The first kappa shape index (κ1) is 11.8. The van der Waals surface area contributed by atoms with Gasteiger partial charge in [-0.15, -0.1) is 0 Å². The van der Waals surface area contributed by atoms with Gasteiger partial charge >= 0.3 is 0 Å². The van der Waals surface area contributed by atoms with Crippen LogP contribution in [0.3, 0.4) is 0 Å². The fraction of sp³-hybridized carbons (Fsp3) is 0.308. The Morgan fingerprint density at radius 1 is 0.824 bits per heavy atom. The van der Waals surface area contributed by atoms with Gasteiger partial charge < -0.3 is 15.6 Å². The van der Waals surface area contributed by atoms with Gasteiger partial charge in [0.25, 0.3) is 0 Å². The fourth-order valence-corrected chi connectivity index (χ4v) is 1.70. The maximum Gasteiger partial charge on any atom is 0.248 e. The molecule has 0 aliphatic carbocycles. The molecular weight excluding hydrogens is 214 g/mol. The van der Waals surface area contributed by atoms with Crippen molar-refractivity contribution in [3.8, 4) is 0 Å². The molecule has 1 fully saturated rings. The van der Waals surface area contributed by atoms with E-state index in [4.69, 9.17) is 0 Å². The van der Waals surface area contributed by atoms with Gasteiger partial charge in [-0.1, -0.05) is 18.2 Å². The average molecular weight is 231 g/mol. The minimum absolute atomic E-state index is 0.0521. The van der Waals surface area contributed by atoms with Crippen molar-refractivity contribution in [2.45, 2.75) is 0 Å². The first-order chi connectivity index (χ1) is 8.36. The van der Waals surface area contributed by atoms with Crippen LogP contribution in [0.15, 0.2) is 41.2 Å². The van der Waals surface area contributed by atoms with E-state index >= 15 is 0 Å². The second kappa shape index (κ2) is 6.18. The second-order valence-electron chi connectivity index (χ2n) is 3.91. The Labute approximate surface area is 100 Å². The summed E-state index contributed by atoms with van der Waals surface area (Å²) >= 11 is 0. The molecule has 1 aromatic carbocycles. The van der Waals surface area contributed by atoms with Gasteiger partial charge in [0.15, 0.2) is 0 Å². The summed E-state index contributed by atoms with van der Waals surface area (Å²) in [4.78, 5) is 13.6. The summed E-state index contributed by atoms with van der Waals surface area (Å²) in [5, 5.41) is 7.51. The zero-order valence-electron chi connectivity index (χ0n) is 9.70. The van der Waals surface area contributed by atoms with Crippen LogP contribution in [-0.4, -0.2) is 31.2 Å². The molecule has 1 aliphatic heterocycles. The van der Waals surface area contributed by atoms with Gasteiger partial charge in [0.2, 0.25) is 5.56 Å². The lowest BCUT2D eigenvalue weighted by molar-refractivity contribution is 0.534. The molecule has 0 saturated carbocycles. The van der Waals surface area contributed by atoms with Crippen LogP contribution >= 0.6 is 0 Å². The third-order valence-electron chi connectivity index (χ3n) is 2.59. The normalized spacial score (nSPS) is 15.1. The third-order valence-corrected chi connectivity index (χ3v) is 2.59. The first-order valence-corrected chi connectivity index (χ1v) is 5.86. The van der Waals surface area contributed by atoms with Gasteiger partial charge in [0, 0.05) is 37.8 Å². The number of H-pyrrole nitrogens is 1. The van der Waals surface area contributed by atoms with Crippen LogP contribution in [0.25, 0.3) is 10.9 Å². The van der Waals surface area contributed by atoms with Crippen LogP contribution < -0.4 is 16.2 Å². The lowest BCUT2D eigenvalue weighted by atomic mass is 10.2. The minimum Gasteiger partial charge on any atom is -0.322 e. The van der Waals surface area contributed by atoms with Gasteiger partial charge in [0.1, 0.15) is 0 Å². The highest BCUT2D eigenvalue weighted by Crippen LogP contribution is 2.06. The number of para-hydroxylation sites is 1. The predicted octanol–water partition coefficient (Wildman–Crippen LogP) is 0.707. The number of aromatic amines is 1. The Kier molecular flexibility index (Phi) is 4.30. The van der Waals surface area contributed by atoms with E-state index in [1.165, 1.54) is 6.07 Å². The van der Waals surface area contributed by atoms with Crippen molar-refractivity contribution in [2.24, 2.45) is 0 Å². The number of hydrogen-bond acceptors (Lipinski definition) is 3. The second-order valence-corrected chi connectivity index (χ2v) is 3.91. The Morgan fingerprint density at radius 2 is 1.47 bits per heavy atom. The largest absolute Gasteiger partial charge is 0.322 e. The first-order valence-electron chi connectivity index (χ1n) is 5.86. The molecule has 3 rings (SSSR count).